The first kappa shape index (κ1) is 16.4. The van der Waals surface area contributed by atoms with Crippen LogP contribution in [0.3, 0.4) is 0 Å². The molecule has 0 saturated carbocycles. The summed E-state index contributed by atoms with van der Waals surface area (Å²) in [5.41, 5.74) is 3.01. The van der Waals surface area contributed by atoms with Crippen molar-refractivity contribution >= 4 is 11.5 Å². The molecule has 1 aliphatic heterocycles. The molecule has 1 saturated heterocycles. The second-order valence-corrected chi connectivity index (χ2v) is 6.34. The van der Waals surface area contributed by atoms with Crippen molar-refractivity contribution in [3.63, 3.8) is 0 Å². The Morgan fingerprint density at radius 3 is 2.19 bits per heavy atom. The highest BCUT2D eigenvalue weighted by Crippen LogP contribution is 2.23. The van der Waals surface area contributed by atoms with Gasteiger partial charge in [-0.2, -0.15) is 0 Å². The predicted octanol–water partition coefficient (Wildman–Crippen LogP) is 3.31. The summed E-state index contributed by atoms with van der Waals surface area (Å²) in [6.07, 6.45) is 3.54. The molecule has 0 unspecified atom stereocenters. The van der Waals surface area contributed by atoms with Crippen molar-refractivity contribution in [2.24, 2.45) is 0 Å². The summed E-state index contributed by atoms with van der Waals surface area (Å²) in [7, 11) is 0. The van der Waals surface area contributed by atoms with Gasteiger partial charge in [0.1, 0.15) is 17.5 Å². The summed E-state index contributed by atoms with van der Waals surface area (Å²) in [6.45, 7) is 5.40. The number of halogens is 1. The summed E-state index contributed by atoms with van der Waals surface area (Å²) in [5.74, 6) is 1.51. The zero-order chi connectivity index (χ0) is 17.9. The van der Waals surface area contributed by atoms with Gasteiger partial charge in [0.25, 0.3) is 0 Å². The van der Waals surface area contributed by atoms with Crippen molar-refractivity contribution in [2.75, 3.05) is 36.0 Å². The number of aromatic nitrogens is 3. The highest BCUT2D eigenvalue weighted by Gasteiger charge is 2.19. The quantitative estimate of drug-likeness (QED) is 0.726. The molecule has 0 atom stereocenters. The van der Waals surface area contributed by atoms with E-state index >= 15 is 0 Å². The van der Waals surface area contributed by atoms with Crippen LogP contribution in [-0.4, -0.2) is 41.1 Å². The number of anilines is 2. The molecular formula is C20H20FN5. The minimum Gasteiger partial charge on any atom is -0.368 e. The molecule has 0 bridgehead atoms. The van der Waals surface area contributed by atoms with Gasteiger partial charge in [0.05, 0.1) is 5.69 Å². The third kappa shape index (κ3) is 3.49. The Bertz CT molecular complexity index is 874. The van der Waals surface area contributed by atoms with Crippen LogP contribution in [0.2, 0.25) is 0 Å². The molecule has 26 heavy (non-hydrogen) atoms. The summed E-state index contributed by atoms with van der Waals surface area (Å²) in [4.78, 5) is 17.8. The number of nitrogens with zero attached hydrogens (tertiary/aromatic N) is 5. The fourth-order valence-electron chi connectivity index (χ4n) is 3.23. The maximum Gasteiger partial charge on any atom is 0.132 e. The number of pyridine rings is 1. The van der Waals surface area contributed by atoms with Gasteiger partial charge in [-0.25, -0.2) is 14.4 Å². The van der Waals surface area contributed by atoms with E-state index in [-0.39, 0.29) is 5.82 Å². The van der Waals surface area contributed by atoms with E-state index < -0.39 is 0 Å². The molecule has 0 N–H and O–H groups in total. The van der Waals surface area contributed by atoms with Crippen LogP contribution in [0.15, 0.2) is 54.9 Å². The highest BCUT2D eigenvalue weighted by atomic mass is 19.1. The van der Waals surface area contributed by atoms with Crippen LogP contribution >= 0.6 is 0 Å². The number of piperazine rings is 1. The van der Waals surface area contributed by atoms with Crippen molar-refractivity contribution in [3.8, 4) is 11.3 Å². The Morgan fingerprint density at radius 1 is 0.846 bits per heavy atom. The van der Waals surface area contributed by atoms with Crippen LogP contribution in [0.5, 0.6) is 0 Å². The molecule has 4 rings (SSSR count). The Balaban J connectivity index is 1.51. The minimum absolute atomic E-state index is 0.201. The Labute approximate surface area is 152 Å². The molecule has 3 aromatic rings. The normalized spacial score (nSPS) is 14.5. The molecule has 1 aliphatic rings. The molecule has 5 nitrogen and oxygen atoms in total. The van der Waals surface area contributed by atoms with Gasteiger partial charge in [-0.1, -0.05) is 0 Å². The summed E-state index contributed by atoms with van der Waals surface area (Å²) >= 11 is 0. The molecule has 0 amide bonds. The van der Waals surface area contributed by atoms with Crippen LogP contribution in [-0.2, 0) is 0 Å². The Morgan fingerprint density at radius 2 is 1.50 bits per heavy atom. The second kappa shape index (κ2) is 7.07. The SMILES string of the molecule is Cc1nc(-c2ccncc2)cc(N2CCN(c3ccc(F)cc3)CC2)n1. The lowest BCUT2D eigenvalue weighted by atomic mass is 10.2. The minimum atomic E-state index is -0.201. The number of hydrogen-bond donors (Lipinski definition) is 0. The zero-order valence-electron chi connectivity index (χ0n) is 14.6. The van der Waals surface area contributed by atoms with Crippen molar-refractivity contribution < 1.29 is 4.39 Å². The first-order valence-electron chi connectivity index (χ1n) is 8.70. The Hall–Kier alpha value is -3.02. The van der Waals surface area contributed by atoms with Gasteiger partial charge in [-0.15, -0.1) is 0 Å². The number of hydrogen-bond acceptors (Lipinski definition) is 5. The highest BCUT2D eigenvalue weighted by molar-refractivity contribution is 5.62. The maximum absolute atomic E-state index is 13.1. The molecule has 1 fully saturated rings. The van der Waals surface area contributed by atoms with Gasteiger partial charge in [0.15, 0.2) is 0 Å². The van der Waals surface area contributed by atoms with E-state index in [0.717, 1.165) is 54.8 Å². The molecule has 0 aliphatic carbocycles. The molecule has 1 aromatic carbocycles. The average molecular weight is 349 g/mol. The molecule has 2 aromatic heterocycles. The van der Waals surface area contributed by atoms with Crippen molar-refractivity contribution in [2.45, 2.75) is 6.92 Å². The molecule has 3 heterocycles. The number of rotatable bonds is 3. The van der Waals surface area contributed by atoms with Crippen LogP contribution < -0.4 is 9.80 Å². The van der Waals surface area contributed by atoms with E-state index in [4.69, 9.17) is 0 Å². The smallest absolute Gasteiger partial charge is 0.132 e. The van der Waals surface area contributed by atoms with E-state index in [1.54, 1.807) is 12.4 Å². The van der Waals surface area contributed by atoms with E-state index in [9.17, 15) is 4.39 Å². The van der Waals surface area contributed by atoms with E-state index in [0.29, 0.717) is 0 Å². The van der Waals surface area contributed by atoms with Gasteiger partial charge in [0.2, 0.25) is 0 Å². The van der Waals surface area contributed by atoms with Crippen molar-refractivity contribution in [3.05, 3.63) is 66.5 Å². The molecule has 132 valence electrons. The summed E-state index contributed by atoms with van der Waals surface area (Å²) in [5, 5.41) is 0. The Kier molecular flexibility index (Phi) is 4.48. The number of benzene rings is 1. The molecule has 0 radical (unpaired) electrons. The van der Waals surface area contributed by atoms with Gasteiger partial charge < -0.3 is 9.80 Å². The lowest BCUT2D eigenvalue weighted by molar-refractivity contribution is 0.624. The lowest BCUT2D eigenvalue weighted by Gasteiger charge is -2.36. The second-order valence-electron chi connectivity index (χ2n) is 6.34. The maximum atomic E-state index is 13.1. The summed E-state index contributed by atoms with van der Waals surface area (Å²) in [6, 6.07) is 12.6. The van der Waals surface area contributed by atoms with Crippen LogP contribution in [0.25, 0.3) is 11.3 Å². The third-order valence-corrected chi connectivity index (χ3v) is 4.60. The molecule has 0 spiro atoms. The first-order valence-corrected chi connectivity index (χ1v) is 8.70. The van der Waals surface area contributed by atoms with Crippen LogP contribution in [0.4, 0.5) is 15.9 Å². The summed E-state index contributed by atoms with van der Waals surface area (Å²) < 4.78 is 13.1. The third-order valence-electron chi connectivity index (χ3n) is 4.60. The van der Waals surface area contributed by atoms with Gasteiger partial charge in [0, 0.05) is 55.9 Å². The van der Waals surface area contributed by atoms with Crippen LogP contribution in [0, 0.1) is 12.7 Å². The first-order chi connectivity index (χ1) is 12.7. The van der Waals surface area contributed by atoms with Gasteiger partial charge in [-0.05, 0) is 43.3 Å². The van der Waals surface area contributed by atoms with Gasteiger partial charge in [-0.3, -0.25) is 4.98 Å². The van der Waals surface area contributed by atoms with Gasteiger partial charge >= 0.3 is 0 Å². The fraction of sp³-hybridized carbons (Fsp3) is 0.250. The molecular weight excluding hydrogens is 329 g/mol. The number of aryl methyl sites for hydroxylation is 1. The largest absolute Gasteiger partial charge is 0.368 e. The predicted molar refractivity (Wildman–Crippen MR) is 101 cm³/mol. The lowest BCUT2D eigenvalue weighted by Crippen LogP contribution is -2.46. The zero-order valence-corrected chi connectivity index (χ0v) is 14.6. The topological polar surface area (TPSA) is 45.2 Å². The van der Waals surface area contributed by atoms with Crippen molar-refractivity contribution in [1.82, 2.24) is 15.0 Å². The van der Waals surface area contributed by atoms with E-state index in [2.05, 4.69) is 24.8 Å². The van der Waals surface area contributed by atoms with Crippen molar-refractivity contribution in [1.29, 1.82) is 0 Å². The average Bonchev–Trinajstić information content (AvgIpc) is 2.69. The standard InChI is InChI=1S/C20H20FN5/c1-15-23-19(16-6-8-22-9-7-16)14-20(24-15)26-12-10-25(11-13-26)18-4-2-17(21)3-5-18/h2-9,14H,10-13H2,1H3. The van der Waals surface area contributed by atoms with Crippen LogP contribution in [0.1, 0.15) is 5.82 Å². The van der Waals surface area contributed by atoms with E-state index in [1.807, 2.05) is 37.3 Å². The van der Waals surface area contributed by atoms with E-state index in [1.165, 1.54) is 12.1 Å². The molecule has 6 heteroatoms. The fourth-order valence-corrected chi connectivity index (χ4v) is 3.23. The monoisotopic (exact) mass is 349 g/mol.